The molecule has 0 aliphatic rings. The van der Waals surface area contributed by atoms with Crippen molar-refractivity contribution in [2.24, 2.45) is 11.7 Å². The molecule has 110 valence electrons. The third kappa shape index (κ3) is 4.06. The van der Waals surface area contributed by atoms with Crippen LogP contribution in [0.25, 0.3) is 0 Å². The van der Waals surface area contributed by atoms with Crippen molar-refractivity contribution in [2.45, 2.75) is 33.7 Å². The molecule has 0 spiro atoms. The van der Waals surface area contributed by atoms with Crippen LogP contribution in [-0.4, -0.2) is 24.4 Å². The number of amides is 2. The van der Waals surface area contributed by atoms with Crippen LogP contribution < -0.4 is 16.4 Å². The number of hydrogen-bond acceptors (Lipinski definition) is 3. The largest absolute Gasteiger partial charge is 0.352 e. The molecule has 2 unspecified atom stereocenters. The summed E-state index contributed by atoms with van der Waals surface area (Å²) in [6, 6.07) is 5.02. The Bertz CT molecular complexity index is 498. The fraction of sp³-hybridized carbons (Fsp3) is 0.467. The Morgan fingerprint density at radius 1 is 1.30 bits per heavy atom. The first-order valence-corrected chi connectivity index (χ1v) is 6.82. The zero-order chi connectivity index (χ0) is 15.3. The number of carbonyl (C=O) groups excluding carboxylic acids is 2. The van der Waals surface area contributed by atoms with Crippen molar-refractivity contribution in [3.63, 3.8) is 0 Å². The quantitative estimate of drug-likeness (QED) is 0.765. The van der Waals surface area contributed by atoms with E-state index < -0.39 is 0 Å². The third-order valence-electron chi connectivity index (χ3n) is 3.30. The lowest BCUT2D eigenvalue weighted by Crippen LogP contribution is -2.34. The van der Waals surface area contributed by atoms with Crippen molar-refractivity contribution < 1.29 is 9.59 Å². The van der Waals surface area contributed by atoms with Gasteiger partial charge in [0.2, 0.25) is 5.91 Å². The van der Waals surface area contributed by atoms with Gasteiger partial charge in [0.25, 0.3) is 5.91 Å². The summed E-state index contributed by atoms with van der Waals surface area (Å²) in [5.41, 5.74) is 7.80. The van der Waals surface area contributed by atoms with Gasteiger partial charge in [0.1, 0.15) is 0 Å². The van der Waals surface area contributed by atoms with Gasteiger partial charge in [-0.2, -0.15) is 0 Å². The number of hydrogen-bond donors (Lipinski definition) is 3. The van der Waals surface area contributed by atoms with Crippen LogP contribution in [0.2, 0.25) is 0 Å². The van der Waals surface area contributed by atoms with Gasteiger partial charge in [-0.25, -0.2) is 0 Å². The van der Waals surface area contributed by atoms with Crippen LogP contribution in [-0.2, 0) is 4.79 Å². The molecule has 1 aromatic carbocycles. The Morgan fingerprint density at radius 2 is 1.95 bits per heavy atom. The van der Waals surface area contributed by atoms with Gasteiger partial charge in [-0.1, -0.05) is 13.0 Å². The Kier molecular flexibility index (Phi) is 5.70. The number of nitrogens with one attached hydrogen (secondary N) is 2. The van der Waals surface area contributed by atoms with Crippen LogP contribution >= 0.6 is 0 Å². The molecule has 20 heavy (non-hydrogen) atoms. The van der Waals surface area contributed by atoms with Crippen LogP contribution in [0.4, 0.5) is 5.69 Å². The highest BCUT2D eigenvalue weighted by Crippen LogP contribution is 2.18. The minimum Gasteiger partial charge on any atom is -0.352 e. The second-order valence-corrected chi connectivity index (χ2v) is 5.03. The predicted molar refractivity (Wildman–Crippen MR) is 80.6 cm³/mol. The first-order chi connectivity index (χ1) is 9.36. The van der Waals surface area contributed by atoms with Crippen molar-refractivity contribution in [1.82, 2.24) is 5.32 Å². The van der Waals surface area contributed by atoms with Crippen molar-refractivity contribution in [3.05, 3.63) is 29.3 Å². The lowest BCUT2D eigenvalue weighted by Gasteiger charge is -2.17. The molecule has 5 nitrogen and oxygen atoms in total. The summed E-state index contributed by atoms with van der Waals surface area (Å²) in [5.74, 6) is -0.582. The fourth-order valence-electron chi connectivity index (χ4n) is 1.65. The van der Waals surface area contributed by atoms with Gasteiger partial charge in [-0.15, -0.1) is 0 Å². The Balaban J connectivity index is 2.92. The molecular formula is C15H23N3O2. The monoisotopic (exact) mass is 277 g/mol. The highest BCUT2D eigenvalue weighted by molar-refractivity contribution is 5.98. The highest BCUT2D eigenvalue weighted by atomic mass is 16.2. The van der Waals surface area contributed by atoms with E-state index in [4.69, 9.17) is 5.73 Å². The van der Waals surface area contributed by atoms with Crippen LogP contribution in [0.1, 0.15) is 36.7 Å². The van der Waals surface area contributed by atoms with Crippen LogP contribution in [0.15, 0.2) is 18.2 Å². The van der Waals surface area contributed by atoms with E-state index >= 15 is 0 Å². The Labute approximate surface area is 119 Å². The molecule has 0 heterocycles. The van der Waals surface area contributed by atoms with E-state index in [1.165, 1.54) is 0 Å². The van der Waals surface area contributed by atoms with Gasteiger partial charge in [0.05, 0.1) is 5.92 Å². The van der Waals surface area contributed by atoms with Gasteiger partial charge in [0.15, 0.2) is 0 Å². The third-order valence-corrected chi connectivity index (χ3v) is 3.30. The van der Waals surface area contributed by atoms with E-state index in [9.17, 15) is 9.59 Å². The van der Waals surface area contributed by atoms with E-state index in [2.05, 4.69) is 10.6 Å². The molecule has 0 fully saturated rings. The summed E-state index contributed by atoms with van der Waals surface area (Å²) >= 11 is 0. The molecule has 1 rings (SSSR count). The summed E-state index contributed by atoms with van der Waals surface area (Å²) in [7, 11) is 0. The Hall–Kier alpha value is -1.88. The number of anilines is 1. The molecule has 2 atom stereocenters. The lowest BCUT2D eigenvalue weighted by molar-refractivity contribution is -0.119. The van der Waals surface area contributed by atoms with E-state index in [0.717, 1.165) is 5.56 Å². The fourth-order valence-corrected chi connectivity index (χ4v) is 1.65. The molecule has 4 N–H and O–H groups in total. The van der Waals surface area contributed by atoms with Gasteiger partial charge in [-0.3, -0.25) is 9.59 Å². The average Bonchev–Trinajstić information content (AvgIpc) is 2.40. The van der Waals surface area contributed by atoms with E-state index in [1.54, 1.807) is 26.0 Å². The zero-order valence-electron chi connectivity index (χ0n) is 12.5. The smallest absolute Gasteiger partial charge is 0.251 e. The van der Waals surface area contributed by atoms with Gasteiger partial charge < -0.3 is 16.4 Å². The molecular weight excluding hydrogens is 254 g/mol. The van der Waals surface area contributed by atoms with Crippen LogP contribution in [0, 0.1) is 12.8 Å². The SMILES string of the molecule is CCNC(=O)c1ccc(C)c(NC(=O)C(C)C(C)N)c1. The van der Waals surface area contributed by atoms with Gasteiger partial charge >= 0.3 is 0 Å². The standard InChI is InChI=1S/C15H23N3O2/c1-5-17-15(20)12-7-6-9(2)13(8-12)18-14(19)10(3)11(4)16/h6-8,10-11H,5,16H2,1-4H3,(H,17,20)(H,18,19). The minimum absolute atomic E-state index is 0.142. The predicted octanol–water partition coefficient (Wildman–Crippen LogP) is 1.67. The average molecular weight is 277 g/mol. The number of carbonyl (C=O) groups is 2. The molecule has 5 heteroatoms. The van der Waals surface area contributed by atoms with E-state index in [1.807, 2.05) is 19.9 Å². The van der Waals surface area contributed by atoms with Crippen molar-refractivity contribution in [1.29, 1.82) is 0 Å². The molecule has 0 bridgehead atoms. The minimum atomic E-state index is -0.289. The maximum absolute atomic E-state index is 12.0. The summed E-state index contributed by atoms with van der Waals surface area (Å²) < 4.78 is 0. The molecule has 0 aromatic heterocycles. The second kappa shape index (κ2) is 7.05. The molecule has 0 aliphatic heterocycles. The normalized spacial score (nSPS) is 13.4. The van der Waals surface area contributed by atoms with E-state index in [-0.39, 0.29) is 23.8 Å². The number of benzene rings is 1. The summed E-state index contributed by atoms with van der Waals surface area (Å²) in [6.45, 7) is 7.88. The van der Waals surface area contributed by atoms with Gasteiger partial charge in [-0.05, 0) is 38.5 Å². The van der Waals surface area contributed by atoms with Crippen LogP contribution in [0.5, 0.6) is 0 Å². The zero-order valence-corrected chi connectivity index (χ0v) is 12.5. The van der Waals surface area contributed by atoms with Crippen molar-refractivity contribution in [2.75, 3.05) is 11.9 Å². The molecule has 0 saturated carbocycles. The van der Waals surface area contributed by atoms with Crippen LogP contribution in [0.3, 0.4) is 0 Å². The second-order valence-electron chi connectivity index (χ2n) is 5.03. The van der Waals surface area contributed by atoms with E-state index in [0.29, 0.717) is 17.8 Å². The van der Waals surface area contributed by atoms with Crippen molar-refractivity contribution >= 4 is 17.5 Å². The summed E-state index contributed by atoms with van der Waals surface area (Å²) in [4.78, 5) is 23.8. The first kappa shape index (κ1) is 16.2. The molecule has 0 radical (unpaired) electrons. The Morgan fingerprint density at radius 3 is 2.50 bits per heavy atom. The number of rotatable bonds is 5. The van der Waals surface area contributed by atoms with Gasteiger partial charge in [0, 0.05) is 23.8 Å². The molecule has 0 saturated heterocycles. The summed E-state index contributed by atoms with van der Waals surface area (Å²) in [6.07, 6.45) is 0. The topological polar surface area (TPSA) is 84.2 Å². The van der Waals surface area contributed by atoms with Crippen molar-refractivity contribution in [3.8, 4) is 0 Å². The molecule has 0 aliphatic carbocycles. The maximum Gasteiger partial charge on any atom is 0.251 e. The highest BCUT2D eigenvalue weighted by Gasteiger charge is 2.18. The first-order valence-electron chi connectivity index (χ1n) is 6.82. The number of nitrogens with two attached hydrogens (primary N) is 1. The maximum atomic E-state index is 12.0. The molecule has 2 amide bonds. The molecule has 1 aromatic rings. The number of aryl methyl sites for hydroxylation is 1. The lowest BCUT2D eigenvalue weighted by atomic mass is 10.0. The summed E-state index contributed by atoms with van der Waals surface area (Å²) in [5, 5.41) is 5.56.